The van der Waals surface area contributed by atoms with E-state index in [1.54, 1.807) is 43.3 Å². The van der Waals surface area contributed by atoms with Crippen molar-refractivity contribution in [3.05, 3.63) is 53.6 Å². The lowest BCUT2D eigenvalue weighted by Gasteiger charge is -2.33. The molecule has 7 nitrogen and oxygen atoms in total. The maximum atomic E-state index is 11.5. The van der Waals surface area contributed by atoms with Gasteiger partial charge in [-0.2, -0.15) is 0 Å². The lowest BCUT2D eigenvalue weighted by molar-refractivity contribution is -0.137. The number of fused-ring (bicyclic) bond motifs is 1. The van der Waals surface area contributed by atoms with Crippen LogP contribution >= 0.6 is 0 Å². The third kappa shape index (κ3) is 4.20. The molecule has 0 bridgehead atoms. The van der Waals surface area contributed by atoms with Crippen molar-refractivity contribution in [3.8, 4) is 23.0 Å². The number of carbonyl (C=O) groups excluding carboxylic acids is 1. The number of ether oxygens (including phenoxy) is 4. The van der Waals surface area contributed by atoms with E-state index in [0.717, 1.165) is 5.56 Å². The van der Waals surface area contributed by atoms with E-state index in [2.05, 4.69) is 0 Å². The Kier molecular flexibility index (Phi) is 6.06. The summed E-state index contributed by atoms with van der Waals surface area (Å²) in [6.07, 6.45) is 1.73. The Morgan fingerprint density at radius 2 is 2.00 bits per heavy atom. The molecule has 0 aliphatic carbocycles. The summed E-state index contributed by atoms with van der Waals surface area (Å²) < 4.78 is 22.0. The van der Waals surface area contributed by atoms with Gasteiger partial charge in [-0.1, -0.05) is 12.1 Å². The van der Waals surface area contributed by atoms with Gasteiger partial charge >= 0.3 is 5.97 Å². The van der Waals surface area contributed by atoms with Crippen molar-refractivity contribution < 1.29 is 34.0 Å². The van der Waals surface area contributed by atoms with Crippen LogP contribution in [-0.2, 0) is 9.53 Å². The smallest absolute Gasteiger partial charge is 0.330 e. The van der Waals surface area contributed by atoms with Crippen molar-refractivity contribution in [2.24, 2.45) is 0 Å². The molecule has 2 N–H and O–H groups in total. The van der Waals surface area contributed by atoms with E-state index in [1.807, 2.05) is 0 Å². The van der Waals surface area contributed by atoms with Gasteiger partial charge in [0.1, 0.15) is 0 Å². The summed E-state index contributed by atoms with van der Waals surface area (Å²) in [4.78, 5) is 11.5. The number of phenolic OH excluding ortho intramolecular Hbond substituents is 1. The number of aromatic hydroxyl groups is 1. The SMILES string of the molecule is CCOC(=O)/C=C/c1ccc2c(c1)O[C@H](CO)[C@@H](c1ccc(O)c(OC)c1)O2. The van der Waals surface area contributed by atoms with Crippen LogP contribution in [0, 0.1) is 0 Å². The van der Waals surface area contributed by atoms with E-state index in [-0.39, 0.29) is 12.4 Å². The Balaban J connectivity index is 1.85. The number of hydrogen-bond donors (Lipinski definition) is 2. The average Bonchev–Trinajstić information content (AvgIpc) is 2.71. The third-order valence-corrected chi connectivity index (χ3v) is 4.25. The molecule has 1 heterocycles. The van der Waals surface area contributed by atoms with Crippen LogP contribution in [0.4, 0.5) is 0 Å². The van der Waals surface area contributed by atoms with Gasteiger partial charge in [-0.25, -0.2) is 4.79 Å². The van der Waals surface area contributed by atoms with E-state index in [1.165, 1.54) is 19.3 Å². The first-order valence-electron chi connectivity index (χ1n) is 8.85. The highest BCUT2D eigenvalue weighted by atomic mass is 16.6. The summed E-state index contributed by atoms with van der Waals surface area (Å²) in [7, 11) is 1.46. The minimum atomic E-state index is -0.647. The van der Waals surface area contributed by atoms with Crippen molar-refractivity contribution in [1.82, 2.24) is 0 Å². The first-order chi connectivity index (χ1) is 13.5. The van der Waals surface area contributed by atoms with E-state index in [4.69, 9.17) is 18.9 Å². The normalized spacial score (nSPS) is 18.1. The summed E-state index contributed by atoms with van der Waals surface area (Å²) >= 11 is 0. The van der Waals surface area contributed by atoms with Gasteiger partial charge in [0.2, 0.25) is 0 Å². The van der Waals surface area contributed by atoms with Gasteiger partial charge in [0, 0.05) is 11.6 Å². The molecule has 2 atom stereocenters. The maximum Gasteiger partial charge on any atom is 0.330 e. The van der Waals surface area contributed by atoms with Crippen LogP contribution in [-0.4, -0.2) is 42.6 Å². The second kappa shape index (κ2) is 8.67. The molecule has 0 saturated carbocycles. The van der Waals surface area contributed by atoms with Crippen LogP contribution in [0.5, 0.6) is 23.0 Å². The zero-order valence-corrected chi connectivity index (χ0v) is 15.6. The topological polar surface area (TPSA) is 94.5 Å². The first-order valence-corrected chi connectivity index (χ1v) is 8.85. The van der Waals surface area contributed by atoms with Gasteiger partial charge in [-0.3, -0.25) is 0 Å². The lowest BCUT2D eigenvalue weighted by atomic mass is 10.0. The second-order valence-electron chi connectivity index (χ2n) is 6.10. The Morgan fingerprint density at radius 3 is 2.71 bits per heavy atom. The zero-order chi connectivity index (χ0) is 20.1. The molecular weight excluding hydrogens is 364 g/mol. The summed E-state index contributed by atoms with van der Waals surface area (Å²) in [6, 6.07) is 10.1. The molecule has 0 unspecified atom stereocenters. The van der Waals surface area contributed by atoms with Gasteiger partial charge in [-0.05, 0) is 42.8 Å². The highest BCUT2D eigenvalue weighted by Crippen LogP contribution is 2.41. The molecule has 28 heavy (non-hydrogen) atoms. The van der Waals surface area contributed by atoms with Gasteiger partial charge in [0.25, 0.3) is 0 Å². The number of methoxy groups -OCH3 is 1. The van der Waals surface area contributed by atoms with Crippen LogP contribution in [0.2, 0.25) is 0 Å². The van der Waals surface area contributed by atoms with E-state index in [0.29, 0.717) is 29.4 Å². The molecule has 2 aromatic rings. The second-order valence-corrected chi connectivity index (χ2v) is 6.10. The van der Waals surface area contributed by atoms with Crippen molar-refractivity contribution in [2.45, 2.75) is 19.1 Å². The van der Waals surface area contributed by atoms with Crippen LogP contribution in [0.25, 0.3) is 6.08 Å². The molecule has 0 saturated heterocycles. The zero-order valence-electron chi connectivity index (χ0n) is 15.6. The number of benzene rings is 2. The van der Waals surface area contributed by atoms with Crippen molar-refractivity contribution in [2.75, 3.05) is 20.3 Å². The largest absolute Gasteiger partial charge is 0.504 e. The molecular formula is C21H22O7. The van der Waals surface area contributed by atoms with Crippen molar-refractivity contribution >= 4 is 12.0 Å². The summed E-state index contributed by atoms with van der Waals surface area (Å²) in [6.45, 7) is 1.78. The van der Waals surface area contributed by atoms with Gasteiger partial charge < -0.3 is 29.2 Å². The highest BCUT2D eigenvalue weighted by Gasteiger charge is 2.33. The first kappa shape index (κ1) is 19.6. The predicted molar refractivity (Wildman–Crippen MR) is 102 cm³/mol. The minimum absolute atomic E-state index is 0.0157. The molecule has 0 spiro atoms. The van der Waals surface area contributed by atoms with E-state index < -0.39 is 18.2 Å². The quantitative estimate of drug-likeness (QED) is 0.582. The molecule has 7 heteroatoms. The molecule has 2 aromatic carbocycles. The molecule has 1 aliphatic heterocycles. The van der Waals surface area contributed by atoms with Crippen LogP contribution in [0.15, 0.2) is 42.5 Å². The van der Waals surface area contributed by atoms with Crippen LogP contribution in [0.3, 0.4) is 0 Å². The predicted octanol–water partition coefficient (Wildman–Crippen LogP) is 2.85. The number of rotatable bonds is 6. The summed E-state index contributed by atoms with van der Waals surface area (Å²) in [5, 5.41) is 19.6. The van der Waals surface area contributed by atoms with Gasteiger partial charge in [0.05, 0.1) is 20.3 Å². The van der Waals surface area contributed by atoms with E-state index >= 15 is 0 Å². The number of aliphatic hydroxyl groups is 1. The highest BCUT2D eigenvalue weighted by molar-refractivity contribution is 5.87. The van der Waals surface area contributed by atoms with Gasteiger partial charge in [0.15, 0.2) is 35.2 Å². The Hall–Kier alpha value is -3.19. The maximum absolute atomic E-state index is 11.5. The average molecular weight is 386 g/mol. The fourth-order valence-corrected chi connectivity index (χ4v) is 2.90. The fourth-order valence-electron chi connectivity index (χ4n) is 2.90. The minimum Gasteiger partial charge on any atom is -0.504 e. The molecule has 0 radical (unpaired) electrons. The number of hydrogen-bond acceptors (Lipinski definition) is 7. The summed E-state index contributed by atoms with van der Waals surface area (Å²) in [5.74, 6) is 0.874. The van der Waals surface area contributed by atoms with Crippen LogP contribution < -0.4 is 14.2 Å². The van der Waals surface area contributed by atoms with Gasteiger partial charge in [-0.15, -0.1) is 0 Å². The number of phenols is 1. The molecule has 0 fully saturated rings. The molecule has 148 valence electrons. The Bertz CT molecular complexity index is 875. The monoisotopic (exact) mass is 386 g/mol. The van der Waals surface area contributed by atoms with Crippen LogP contribution in [0.1, 0.15) is 24.2 Å². The molecule has 3 rings (SSSR count). The summed E-state index contributed by atoms with van der Waals surface area (Å²) in [5.41, 5.74) is 1.43. The van der Waals surface area contributed by atoms with Crippen molar-refractivity contribution in [1.29, 1.82) is 0 Å². The number of aliphatic hydroxyl groups excluding tert-OH is 1. The van der Waals surface area contributed by atoms with Crippen molar-refractivity contribution in [3.63, 3.8) is 0 Å². The molecule has 0 amide bonds. The number of esters is 1. The third-order valence-electron chi connectivity index (χ3n) is 4.25. The molecule has 0 aromatic heterocycles. The standard InChI is InChI=1S/C21H22O7/c1-3-26-20(24)9-5-13-4-8-16-18(10-13)27-19(12-22)21(28-16)14-6-7-15(23)17(11-14)25-2/h4-11,19,21-23H,3,12H2,1-2H3/b9-5+/t19-,21-/m1/s1. The Morgan fingerprint density at radius 1 is 1.18 bits per heavy atom. The molecule has 1 aliphatic rings. The Labute approximate surface area is 162 Å². The lowest BCUT2D eigenvalue weighted by Crippen LogP contribution is -2.36. The van der Waals surface area contributed by atoms with E-state index in [9.17, 15) is 15.0 Å². The fraction of sp³-hybridized carbons (Fsp3) is 0.286. The number of carbonyl (C=O) groups is 1.